The van der Waals surface area contributed by atoms with Crippen LogP contribution >= 0.6 is 0 Å². The van der Waals surface area contributed by atoms with Crippen LogP contribution in [0.2, 0.25) is 0 Å². The molecule has 1 aromatic rings. The van der Waals surface area contributed by atoms with Crippen LogP contribution in [0.15, 0.2) is 0 Å². The number of imidazole rings is 1. The first-order valence-electron chi connectivity index (χ1n) is 6.44. The summed E-state index contributed by atoms with van der Waals surface area (Å²) in [5, 5.41) is 3.40. The fourth-order valence-electron chi connectivity index (χ4n) is 2.42. The Hall–Kier alpha value is -0.830. The lowest BCUT2D eigenvalue weighted by molar-refractivity contribution is 0.384. The first-order valence-corrected chi connectivity index (χ1v) is 6.44. The monoisotopic (exact) mass is 221 g/mol. The summed E-state index contributed by atoms with van der Waals surface area (Å²) >= 11 is 0. The Balaban J connectivity index is 2.44. The molecule has 2 rings (SSSR count). The van der Waals surface area contributed by atoms with E-state index in [1.54, 1.807) is 0 Å². The molecule has 1 atom stereocenters. The van der Waals surface area contributed by atoms with Crippen molar-refractivity contribution in [2.24, 2.45) is 5.92 Å². The van der Waals surface area contributed by atoms with Crippen LogP contribution in [0.5, 0.6) is 0 Å². The van der Waals surface area contributed by atoms with Gasteiger partial charge in [0.05, 0.1) is 5.69 Å². The number of rotatable bonds is 3. The number of nitrogens with one attached hydrogen (secondary N) is 1. The van der Waals surface area contributed by atoms with E-state index in [2.05, 4.69) is 37.6 Å². The summed E-state index contributed by atoms with van der Waals surface area (Å²) in [6.07, 6.45) is 2.16. The van der Waals surface area contributed by atoms with Gasteiger partial charge in [-0.3, -0.25) is 0 Å². The summed E-state index contributed by atoms with van der Waals surface area (Å²) in [6.45, 7) is 11.1. The Morgan fingerprint density at radius 3 is 2.75 bits per heavy atom. The van der Waals surface area contributed by atoms with E-state index in [0.29, 0.717) is 12.0 Å². The van der Waals surface area contributed by atoms with Gasteiger partial charge in [0.1, 0.15) is 5.82 Å². The summed E-state index contributed by atoms with van der Waals surface area (Å²) in [6, 6.07) is 0.560. The van der Waals surface area contributed by atoms with Crippen LogP contribution in [0, 0.1) is 5.92 Å². The fraction of sp³-hybridized carbons (Fsp3) is 0.769. The van der Waals surface area contributed by atoms with Gasteiger partial charge >= 0.3 is 0 Å². The lowest BCUT2D eigenvalue weighted by Gasteiger charge is -2.24. The molecule has 0 bridgehead atoms. The highest BCUT2D eigenvalue weighted by atomic mass is 15.1. The summed E-state index contributed by atoms with van der Waals surface area (Å²) in [5.74, 6) is 1.92. The van der Waals surface area contributed by atoms with Gasteiger partial charge < -0.3 is 9.88 Å². The molecule has 1 aliphatic rings. The predicted molar refractivity (Wildman–Crippen MR) is 66.6 cm³/mol. The van der Waals surface area contributed by atoms with Crippen molar-refractivity contribution in [1.82, 2.24) is 14.9 Å². The summed E-state index contributed by atoms with van der Waals surface area (Å²) in [4.78, 5) is 4.77. The summed E-state index contributed by atoms with van der Waals surface area (Å²) in [5.41, 5.74) is 2.74. The molecule has 0 saturated carbocycles. The van der Waals surface area contributed by atoms with Gasteiger partial charge in [-0.25, -0.2) is 4.98 Å². The number of hydrogen-bond acceptors (Lipinski definition) is 2. The molecular formula is C13H23N3. The van der Waals surface area contributed by atoms with Gasteiger partial charge in [0.2, 0.25) is 0 Å². The highest BCUT2D eigenvalue weighted by molar-refractivity contribution is 5.21. The maximum atomic E-state index is 4.77. The van der Waals surface area contributed by atoms with Gasteiger partial charge in [0.25, 0.3) is 0 Å². The highest BCUT2D eigenvalue weighted by Crippen LogP contribution is 2.25. The Kier molecular flexibility index (Phi) is 3.33. The van der Waals surface area contributed by atoms with Crippen molar-refractivity contribution in [3.8, 4) is 0 Å². The topological polar surface area (TPSA) is 29.9 Å². The van der Waals surface area contributed by atoms with Gasteiger partial charge in [-0.2, -0.15) is 0 Å². The molecule has 2 heterocycles. The molecule has 90 valence electrons. The minimum atomic E-state index is 0.560. The second kappa shape index (κ2) is 4.58. The minimum absolute atomic E-state index is 0.560. The van der Waals surface area contributed by atoms with Gasteiger partial charge in [-0.05, 0) is 12.8 Å². The van der Waals surface area contributed by atoms with Crippen molar-refractivity contribution < 1.29 is 0 Å². The van der Waals surface area contributed by atoms with Gasteiger partial charge in [0, 0.05) is 37.7 Å². The van der Waals surface area contributed by atoms with Crippen LogP contribution in [0.3, 0.4) is 0 Å². The molecule has 0 fully saturated rings. The molecule has 0 aromatic carbocycles. The average Bonchev–Trinajstić information content (AvgIpc) is 2.66. The molecular weight excluding hydrogens is 198 g/mol. The molecule has 3 heteroatoms. The van der Waals surface area contributed by atoms with E-state index < -0.39 is 0 Å². The van der Waals surface area contributed by atoms with Gasteiger partial charge in [-0.1, -0.05) is 20.8 Å². The molecule has 0 saturated heterocycles. The molecule has 1 N–H and O–H groups in total. The minimum Gasteiger partial charge on any atom is -0.329 e. The molecule has 16 heavy (non-hydrogen) atoms. The quantitative estimate of drug-likeness (QED) is 0.849. The van der Waals surface area contributed by atoms with E-state index in [9.17, 15) is 0 Å². The standard InChI is InChI=1S/C13H23N3/c1-5-13-15-11-8-14-7-6-12(11)16(13)10(4)9(2)3/h9-10,14H,5-8H2,1-4H3. The van der Waals surface area contributed by atoms with Crippen LogP contribution in [0.1, 0.15) is 50.9 Å². The normalized spacial score (nSPS) is 17.6. The zero-order chi connectivity index (χ0) is 11.7. The Bertz CT molecular complexity index is 365. The molecule has 0 radical (unpaired) electrons. The third-order valence-corrected chi connectivity index (χ3v) is 3.69. The Morgan fingerprint density at radius 1 is 1.38 bits per heavy atom. The van der Waals surface area contributed by atoms with Gasteiger partial charge in [-0.15, -0.1) is 0 Å². The van der Waals surface area contributed by atoms with Crippen LogP contribution in [-0.4, -0.2) is 16.1 Å². The van der Waals surface area contributed by atoms with E-state index in [4.69, 9.17) is 4.98 Å². The van der Waals surface area contributed by atoms with Crippen molar-refractivity contribution in [2.75, 3.05) is 6.54 Å². The lowest BCUT2D eigenvalue weighted by Crippen LogP contribution is -2.26. The average molecular weight is 221 g/mol. The summed E-state index contributed by atoms with van der Waals surface area (Å²) < 4.78 is 2.49. The zero-order valence-corrected chi connectivity index (χ0v) is 10.9. The predicted octanol–water partition coefficient (Wildman–Crippen LogP) is 2.31. The second-order valence-electron chi connectivity index (χ2n) is 5.06. The van der Waals surface area contributed by atoms with E-state index in [0.717, 1.165) is 25.9 Å². The van der Waals surface area contributed by atoms with Crippen LogP contribution < -0.4 is 5.32 Å². The first kappa shape index (κ1) is 11.6. The zero-order valence-electron chi connectivity index (χ0n) is 10.9. The van der Waals surface area contributed by atoms with Crippen molar-refractivity contribution in [2.45, 2.75) is 53.1 Å². The number of fused-ring (bicyclic) bond motifs is 1. The van der Waals surface area contributed by atoms with Crippen molar-refractivity contribution in [3.05, 3.63) is 17.2 Å². The highest BCUT2D eigenvalue weighted by Gasteiger charge is 2.23. The smallest absolute Gasteiger partial charge is 0.109 e. The van der Waals surface area contributed by atoms with E-state index in [1.807, 2.05) is 0 Å². The summed E-state index contributed by atoms with van der Waals surface area (Å²) in [7, 11) is 0. The molecule has 0 aliphatic carbocycles. The van der Waals surface area contributed by atoms with E-state index in [-0.39, 0.29) is 0 Å². The first-order chi connectivity index (χ1) is 7.65. The maximum Gasteiger partial charge on any atom is 0.109 e. The molecule has 3 nitrogen and oxygen atoms in total. The van der Waals surface area contributed by atoms with E-state index in [1.165, 1.54) is 17.2 Å². The van der Waals surface area contributed by atoms with Crippen molar-refractivity contribution in [3.63, 3.8) is 0 Å². The molecule has 1 aliphatic heterocycles. The number of aromatic nitrogens is 2. The third kappa shape index (κ3) is 1.88. The number of hydrogen-bond donors (Lipinski definition) is 1. The molecule has 0 amide bonds. The Morgan fingerprint density at radius 2 is 2.12 bits per heavy atom. The molecule has 0 spiro atoms. The third-order valence-electron chi connectivity index (χ3n) is 3.69. The number of aryl methyl sites for hydroxylation is 1. The lowest BCUT2D eigenvalue weighted by atomic mass is 10.0. The SMILES string of the molecule is CCc1nc2c(n1C(C)C(C)C)CCNC2. The van der Waals surface area contributed by atoms with E-state index >= 15 is 0 Å². The fourth-order valence-corrected chi connectivity index (χ4v) is 2.42. The van der Waals surface area contributed by atoms with Crippen LogP contribution in [-0.2, 0) is 19.4 Å². The Labute approximate surface area is 98.3 Å². The second-order valence-corrected chi connectivity index (χ2v) is 5.06. The molecule has 1 aromatic heterocycles. The number of nitrogens with zero attached hydrogens (tertiary/aromatic N) is 2. The maximum absolute atomic E-state index is 4.77. The van der Waals surface area contributed by atoms with Crippen LogP contribution in [0.25, 0.3) is 0 Å². The largest absolute Gasteiger partial charge is 0.329 e. The molecule has 1 unspecified atom stereocenters. The van der Waals surface area contributed by atoms with Crippen molar-refractivity contribution >= 4 is 0 Å². The van der Waals surface area contributed by atoms with Gasteiger partial charge in [0.15, 0.2) is 0 Å². The van der Waals surface area contributed by atoms with Crippen molar-refractivity contribution in [1.29, 1.82) is 0 Å². The van der Waals surface area contributed by atoms with Crippen LogP contribution in [0.4, 0.5) is 0 Å².